The first-order valence-corrected chi connectivity index (χ1v) is 7.74. The number of hydrogen-bond acceptors (Lipinski definition) is 4. The van der Waals surface area contributed by atoms with Crippen LogP contribution < -0.4 is 0 Å². The van der Waals surface area contributed by atoms with Gasteiger partial charge in [0, 0.05) is 0 Å². The van der Waals surface area contributed by atoms with E-state index in [1.165, 1.54) is 6.07 Å². The van der Waals surface area contributed by atoms with Crippen LogP contribution in [0.1, 0.15) is 34.8 Å². The van der Waals surface area contributed by atoms with Crippen LogP contribution >= 0.6 is 0 Å². The molecule has 1 aliphatic rings. The molecule has 0 fully saturated rings. The molecule has 0 spiro atoms. The van der Waals surface area contributed by atoms with Crippen molar-refractivity contribution in [1.82, 2.24) is 0 Å². The van der Waals surface area contributed by atoms with Crippen LogP contribution in [-0.4, -0.2) is 30.3 Å². The van der Waals surface area contributed by atoms with Crippen molar-refractivity contribution in [2.45, 2.75) is 37.5 Å². The molecule has 2 rings (SSSR count). The van der Waals surface area contributed by atoms with E-state index in [0.717, 1.165) is 30.4 Å². The van der Waals surface area contributed by atoms with E-state index in [1.54, 1.807) is 12.1 Å². The highest BCUT2D eigenvalue weighted by Gasteiger charge is 2.52. The summed E-state index contributed by atoms with van der Waals surface area (Å²) in [6.07, 6.45) is 0.369. The summed E-state index contributed by atoms with van der Waals surface area (Å²) in [6.45, 7) is 0.707. The fraction of sp³-hybridized carbons (Fsp3) is 0.462. The summed E-state index contributed by atoms with van der Waals surface area (Å²) in [6, 6.07) is 4.73. The van der Waals surface area contributed by atoms with E-state index in [4.69, 9.17) is 4.55 Å². The number of alkyl halides is 2. The first-order chi connectivity index (χ1) is 9.63. The molecule has 5 nitrogen and oxygen atoms in total. The van der Waals surface area contributed by atoms with Crippen LogP contribution in [0.3, 0.4) is 0 Å². The normalized spacial score (nSPS) is 16.4. The third-order valence-electron chi connectivity index (χ3n) is 3.44. The third kappa shape index (κ3) is 3.06. The molecule has 0 radical (unpaired) electrons. The van der Waals surface area contributed by atoms with Gasteiger partial charge < -0.3 is 4.74 Å². The highest BCUT2D eigenvalue weighted by atomic mass is 32.2. The second kappa shape index (κ2) is 5.34. The van der Waals surface area contributed by atoms with Crippen LogP contribution in [0.15, 0.2) is 18.2 Å². The Bertz CT molecular complexity index is 669. The number of ether oxygens (including phenoxy) is 1. The van der Waals surface area contributed by atoms with Gasteiger partial charge in [0.2, 0.25) is 0 Å². The van der Waals surface area contributed by atoms with E-state index in [2.05, 4.69) is 4.74 Å². The van der Waals surface area contributed by atoms with Crippen LogP contribution in [0, 0.1) is 0 Å². The Morgan fingerprint density at radius 3 is 2.57 bits per heavy atom. The highest BCUT2D eigenvalue weighted by Crippen LogP contribution is 2.28. The number of fused-ring (bicyclic) bond motifs is 1. The topological polar surface area (TPSA) is 80.7 Å². The van der Waals surface area contributed by atoms with Crippen molar-refractivity contribution in [3.63, 3.8) is 0 Å². The fourth-order valence-electron chi connectivity index (χ4n) is 2.21. The molecule has 21 heavy (non-hydrogen) atoms. The van der Waals surface area contributed by atoms with Gasteiger partial charge in [-0.1, -0.05) is 6.07 Å². The molecule has 0 aromatic heterocycles. The van der Waals surface area contributed by atoms with E-state index < -0.39 is 27.4 Å². The zero-order chi connectivity index (χ0) is 15.8. The minimum Gasteiger partial charge on any atom is -0.451 e. The third-order valence-corrected chi connectivity index (χ3v) is 4.45. The quantitative estimate of drug-likeness (QED) is 0.679. The maximum Gasteiger partial charge on any atom is 0.405 e. The molecule has 8 heteroatoms. The zero-order valence-electron chi connectivity index (χ0n) is 11.2. The largest absolute Gasteiger partial charge is 0.451 e. The number of carbonyl (C=O) groups excluding carboxylic acids is 1. The van der Waals surface area contributed by atoms with E-state index in [-0.39, 0.29) is 5.56 Å². The smallest absolute Gasteiger partial charge is 0.405 e. The lowest BCUT2D eigenvalue weighted by atomic mass is 10.1. The molecule has 0 aliphatic heterocycles. The summed E-state index contributed by atoms with van der Waals surface area (Å²) in [5, 5.41) is -4.56. The van der Waals surface area contributed by atoms with Gasteiger partial charge in [0.05, 0.1) is 5.56 Å². The zero-order valence-corrected chi connectivity index (χ0v) is 12.0. The van der Waals surface area contributed by atoms with E-state index in [0.29, 0.717) is 6.92 Å². The van der Waals surface area contributed by atoms with Crippen LogP contribution in [0.4, 0.5) is 8.78 Å². The monoisotopic (exact) mass is 320 g/mol. The van der Waals surface area contributed by atoms with Crippen LogP contribution in [-0.2, 0) is 27.7 Å². The minimum atomic E-state index is -5.65. The average molecular weight is 320 g/mol. The van der Waals surface area contributed by atoms with Crippen molar-refractivity contribution in [2.75, 3.05) is 0 Å². The highest BCUT2D eigenvalue weighted by molar-refractivity contribution is 7.86. The Morgan fingerprint density at radius 2 is 1.95 bits per heavy atom. The number of benzene rings is 1. The van der Waals surface area contributed by atoms with Gasteiger partial charge in [0.15, 0.2) is 6.10 Å². The summed E-state index contributed by atoms with van der Waals surface area (Å²) in [7, 11) is -5.65. The van der Waals surface area contributed by atoms with Crippen LogP contribution in [0.5, 0.6) is 0 Å². The number of aryl methyl sites for hydroxylation is 2. The summed E-state index contributed by atoms with van der Waals surface area (Å²) in [4.78, 5) is 11.8. The SMILES string of the molecule is CC(OC(=O)c1ccc2c(c1)CCC2)C(F)(F)S(=O)(=O)O. The van der Waals surface area contributed by atoms with Crippen molar-refractivity contribution in [3.05, 3.63) is 34.9 Å². The lowest BCUT2D eigenvalue weighted by Gasteiger charge is -2.20. The van der Waals surface area contributed by atoms with E-state index in [9.17, 15) is 22.0 Å². The molecule has 0 saturated carbocycles. The maximum atomic E-state index is 13.3. The van der Waals surface area contributed by atoms with Crippen molar-refractivity contribution in [1.29, 1.82) is 0 Å². The second-order valence-corrected chi connectivity index (χ2v) is 6.42. The fourth-order valence-corrected chi connectivity index (χ4v) is 2.67. The molecule has 116 valence electrons. The van der Waals surface area contributed by atoms with Gasteiger partial charge in [0.25, 0.3) is 0 Å². The van der Waals surface area contributed by atoms with Crippen molar-refractivity contribution in [2.24, 2.45) is 0 Å². The lowest BCUT2D eigenvalue weighted by Crippen LogP contribution is -2.42. The summed E-state index contributed by atoms with van der Waals surface area (Å²) in [5.41, 5.74) is 2.13. The van der Waals surface area contributed by atoms with Gasteiger partial charge in [-0.05, 0) is 49.4 Å². The van der Waals surface area contributed by atoms with Crippen molar-refractivity contribution < 1.29 is 31.3 Å². The molecule has 1 aliphatic carbocycles. The van der Waals surface area contributed by atoms with E-state index in [1.807, 2.05) is 0 Å². The van der Waals surface area contributed by atoms with Crippen molar-refractivity contribution >= 4 is 16.1 Å². The van der Waals surface area contributed by atoms with Gasteiger partial charge in [-0.2, -0.15) is 17.2 Å². The Hall–Kier alpha value is -1.54. The molecular weight excluding hydrogens is 306 g/mol. The number of halogens is 2. The second-order valence-electron chi connectivity index (χ2n) is 4.92. The van der Waals surface area contributed by atoms with Gasteiger partial charge in [0.1, 0.15) is 0 Å². The number of esters is 1. The predicted octanol–water partition coefficient (Wildman–Crippen LogP) is 2.20. The maximum absolute atomic E-state index is 13.3. The first kappa shape index (κ1) is 15.8. The molecule has 1 N–H and O–H groups in total. The van der Waals surface area contributed by atoms with Gasteiger partial charge >= 0.3 is 21.3 Å². The number of hydrogen-bond donors (Lipinski definition) is 1. The first-order valence-electron chi connectivity index (χ1n) is 6.30. The molecule has 0 bridgehead atoms. The standard InChI is InChI=1S/C13H14F2O5S/c1-8(13(14,15)21(17,18)19)20-12(16)11-6-5-9-3-2-4-10(9)7-11/h5-8H,2-4H2,1H3,(H,17,18,19). The molecule has 1 aromatic rings. The molecule has 0 amide bonds. The average Bonchev–Trinajstić information content (AvgIpc) is 2.84. The summed E-state index contributed by atoms with van der Waals surface area (Å²) in [5.74, 6) is -1.06. The molecule has 0 heterocycles. The van der Waals surface area contributed by atoms with Crippen LogP contribution in [0.25, 0.3) is 0 Å². The molecule has 1 aromatic carbocycles. The van der Waals surface area contributed by atoms with Gasteiger partial charge in [-0.25, -0.2) is 4.79 Å². The molecule has 1 atom stereocenters. The summed E-state index contributed by atoms with van der Waals surface area (Å²) >= 11 is 0. The van der Waals surface area contributed by atoms with Gasteiger partial charge in [-0.15, -0.1) is 0 Å². The Labute approximate surface area is 120 Å². The van der Waals surface area contributed by atoms with E-state index >= 15 is 0 Å². The Balaban J connectivity index is 2.15. The Morgan fingerprint density at radius 1 is 1.33 bits per heavy atom. The van der Waals surface area contributed by atoms with Crippen LogP contribution in [0.2, 0.25) is 0 Å². The lowest BCUT2D eigenvalue weighted by molar-refractivity contribution is -0.0550. The number of carbonyl (C=O) groups is 1. The molecule has 1 unspecified atom stereocenters. The molecule has 0 saturated heterocycles. The predicted molar refractivity (Wildman–Crippen MR) is 69.8 cm³/mol. The summed E-state index contributed by atoms with van der Waals surface area (Å²) < 4.78 is 60.7. The molecular formula is C13H14F2O5S. The number of rotatable bonds is 4. The Kier molecular flexibility index (Phi) is 4.03. The van der Waals surface area contributed by atoms with Gasteiger partial charge in [-0.3, -0.25) is 4.55 Å². The minimum absolute atomic E-state index is 0.0774. The van der Waals surface area contributed by atoms with Crippen molar-refractivity contribution in [3.8, 4) is 0 Å².